The maximum absolute atomic E-state index is 12.5. The van der Waals surface area contributed by atoms with Crippen LogP contribution in [-0.2, 0) is 6.18 Å². The highest BCUT2D eigenvalue weighted by atomic mass is 19.4. The van der Waals surface area contributed by atoms with Gasteiger partial charge in [0.25, 0.3) is 11.5 Å². The number of carbonyl (C=O) groups excluding carboxylic acids is 1. The van der Waals surface area contributed by atoms with Crippen molar-refractivity contribution in [2.45, 2.75) is 26.1 Å². The van der Waals surface area contributed by atoms with Crippen molar-refractivity contribution in [3.8, 4) is 0 Å². The third-order valence-electron chi connectivity index (χ3n) is 3.38. The van der Waals surface area contributed by atoms with Gasteiger partial charge in [0.05, 0.1) is 6.04 Å². The van der Waals surface area contributed by atoms with Crippen LogP contribution in [0.1, 0.15) is 40.1 Å². The molecule has 0 aliphatic carbocycles. The zero-order valence-corrected chi connectivity index (χ0v) is 12.5. The van der Waals surface area contributed by atoms with Crippen molar-refractivity contribution in [2.75, 3.05) is 0 Å². The van der Waals surface area contributed by atoms with Crippen molar-refractivity contribution in [1.29, 1.82) is 0 Å². The van der Waals surface area contributed by atoms with E-state index >= 15 is 0 Å². The van der Waals surface area contributed by atoms with E-state index in [-0.39, 0.29) is 11.6 Å². The van der Waals surface area contributed by atoms with Crippen LogP contribution in [0.25, 0.3) is 0 Å². The van der Waals surface area contributed by atoms with Gasteiger partial charge in [0.15, 0.2) is 0 Å². The van der Waals surface area contributed by atoms with Crippen molar-refractivity contribution >= 4 is 5.91 Å². The molecule has 1 heterocycles. The van der Waals surface area contributed by atoms with Crippen LogP contribution >= 0.6 is 0 Å². The first-order chi connectivity index (χ1) is 10.7. The molecule has 0 aliphatic rings. The first-order valence-electron chi connectivity index (χ1n) is 6.86. The molecule has 1 aromatic carbocycles. The molecule has 0 aliphatic heterocycles. The number of rotatable bonds is 3. The van der Waals surface area contributed by atoms with Crippen LogP contribution in [0.2, 0.25) is 0 Å². The molecule has 23 heavy (non-hydrogen) atoms. The fourth-order valence-electron chi connectivity index (χ4n) is 2.03. The van der Waals surface area contributed by atoms with Crippen molar-refractivity contribution in [1.82, 2.24) is 10.3 Å². The fraction of sp³-hybridized carbons (Fsp3) is 0.250. The highest BCUT2D eigenvalue weighted by Gasteiger charge is 2.32. The Kier molecular flexibility index (Phi) is 4.58. The predicted molar refractivity (Wildman–Crippen MR) is 79.1 cm³/mol. The van der Waals surface area contributed by atoms with E-state index < -0.39 is 23.3 Å². The van der Waals surface area contributed by atoms with E-state index in [2.05, 4.69) is 5.32 Å². The summed E-state index contributed by atoms with van der Waals surface area (Å²) in [7, 11) is 0. The number of halogens is 3. The van der Waals surface area contributed by atoms with E-state index in [4.69, 9.17) is 0 Å². The minimum Gasteiger partial charge on any atom is -0.345 e. The summed E-state index contributed by atoms with van der Waals surface area (Å²) in [6.45, 7) is 3.65. The average Bonchev–Trinajstić information content (AvgIpc) is 2.46. The number of hydrogen-bond acceptors (Lipinski definition) is 2. The highest BCUT2D eigenvalue weighted by Crippen LogP contribution is 2.26. The molecule has 2 aromatic rings. The zero-order chi connectivity index (χ0) is 17.2. The number of alkyl halides is 3. The van der Waals surface area contributed by atoms with E-state index in [9.17, 15) is 22.8 Å². The summed E-state index contributed by atoms with van der Waals surface area (Å²) in [5, 5.41) is 2.59. The standard InChI is InChI=1S/C16H15F3N2O2/c1-9-3-5-11(6-4-9)10(2)20-14(22)12-7-8-13(16(17,18)19)21-15(12)23/h3-8,10H,1-2H3,(H,20,22)(H,21,23). The lowest BCUT2D eigenvalue weighted by molar-refractivity contribution is -0.141. The third kappa shape index (κ3) is 4.00. The average molecular weight is 324 g/mol. The maximum atomic E-state index is 12.5. The molecule has 122 valence electrons. The number of benzene rings is 1. The third-order valence-corrected chi connectivity index (χ3v) is 3.38. The normalized spacial score (nSPS) is 12.7. The van der Waals surface area contributed by atoms with Gasteiger partial charge >= 0.3 is 6.18 Å². The summed E-state index contributed by atoms with van der Waals surface area (Å²) in [4.78, 5) is 25.4. The second-order valence-corrected chi connectivity index (χ2v) is 5.22. The number of amides is 1. The first-order valence-corrected chi connectivity index (χ1v) is 6.86. The predicted octanol–water partition coefficient (Wildman–Crippen LogP) is 3.19. The van der Waals surface area contributed by atoms with Crippen molar-refractivity contribution in [3.05, 3.63) is 69.1 Å². The summed E-state index contributed by atoms with van der Waals surface area (Å²) in [6, 6.07) is 8.58. The zero-order valence-electron chi connectivity index (χ0n) is 12.5. The summed E-state index contributed by atoms with van der Waals surface area (Å²) >= 11 is 0. The van der Waals surface area contributed by atoms with Gasteiger partial charge in [-0.15, -0.1) is 0 Å². The van der Waals surface area contributed by atoms with E-state index in [1.54, 1.807) is 11.9 Å². The second-order valence-electron chi connectivity index (χ2n) is 5.22. The highest BCUT2D eigenvalue weighted by molar-refractivity contribution is 5.94. The van der Waals surface area contributed by atoms with Gasteiger partial charge in [0.1, 0.15) is 11.3 Å². The number of carbonyl (C=O) groups is 1. The van der Waals surface area contributed by atoms with Gasteiger partial charge in [-0.05, 0) is 31.5 Å². The SMILES string of the molecule is Cc1ccc(C(C)NC(=O)c2ccc(C(F)(F)F)[nH]c2=O)cc1. The van der Waals surface area contributed by atoms with Gasteiger partial charge in [0, 0.05) is 0 Å². The quantitative estimate of drug-likeness (QED) is 0.911. The Labute approximate surface area is 130 Å². The summed E-state index contributed by atoms with van der Waals surface area (Å²) in [6.07, 6.45) is -4.66. The molecule has 0 saturated carbocycles. The van der Waals surface area contributed by atoms with E-state index in [1.807, 2.05) is 31.2 Å². The van der Waals surface area contributed by atoms with Crippen LogP contribution in [0.3, 0.4) is 0 Å². The molecule has 1 atom stereocenters. The van der Waals surface area contributed by atoms with Crippen molar-refractivity contribution < 1.29 is 18.0 Å². The summed E-state index contributed by atoms with van der Waals surface area (Å²) in [5.41, 5.74) is -0.741. The van der Waals surface area contributed by atoms with Crippen molar-refractivity contribution in [3.63, 3.8) is 0 Å². The van der Waals surface area contributed by atoms with Crippen molar-refractivity contribution in [2.24, 2.45) is 0 Å². The fourth-order valence-corrected chi connectivity index (χ4v) is 2.03. The molecule has 1 unspecified atom stereocenters. The summed E-state index contributed by atoms with van der Waals surface area (Å²) in [5.74, 6) is -0.729. The molecule has 0 radical (unpaired) electrons. The molecule has 0 fully saturated rings. The Hall–Kier alpha value is -2.57. The largest absolute Gasteiger partial charge is 0.431 e. The van der Waals surface area contributed by atoms with Gasteiger partial charge in [0.2, 0.25) is 0 Å². The van der Waals surface area contributed by atoms with E-state index in [0.717, 1.165) is 17.2 Å². The number of H-pyrrole nitrogens is 1. The molecule has 2 N–H and O–H groups in total. The van der Waals surface area contributed by atoms with Gasteiger partial charge in [-0.2, -0.15) is 13.2 Å². The van der Waals surface area contributed by atoms with Crippen LogP contribution < -0.4 is 10.9 Å². The Morgan fingerprint density at radius 2 is 1.74 bits per heavy atom. The molecule has 4 nitrogen and oxygen atoms in total. The number of aromatic amines is 1. The molecule has 1 aromatic heterocycles. The van der Waals surface area contributed by atoms with Crippen LogP contribution in [-0.4, -0.2) is 10.9 Å². The Morgan fingerprint density at radius 3 is 2.26 bits per heavy atom. The molecule has 1 amide bonds. The molecule has 2 rings (SSSR count). The number of pyridine rings is 1. The maximum Gasteiger partial charge on any atom is 0.431 e. The molecule has 0 spiro atoms. The van der Waals surface area contributed by atoms with Crippen LogP contribution in [0.4, 0.5) is 13.2 Å². The van der Waals surface area contributed by atoms with Gasteiger partial charge < -0.3 is 10.3 Å². The molecule has 0 bridgehead atoms. The van der Waals surface area contributed by atoms with Crippen LogP contribution in [0, 0.1) is 6.92 Å². The number of aromatic nitrogens is 1. The summed E-state index contributed by atoms with van der Waals surface area (Å²) < 4.78 is 37.5. The monoisotopic (exact) mass is 324 g/mol. The Bertz CT molecular complexity index is 764. The van der Waals surface area contributed by atoms with E-state index in [1.165, 1.54) is 0 Å². The molecular formula is C16H15F3N2O2. The Balaban J connectivity index is 2.18. The van der Waals surface area contributed by atoms with Gasteiger partial charge in [-0.25, -0.2) is 0 Å². The Morgan fingerprint density at radius 1 is 1.13 bits per heavy atom. The molecule has 0 saturated heterocycles. The number of aryl methyl sites for hydroxylation is 1. The minimum atomic E-state index is -4.66. The molecule has 7 heteroatoms. The molecular weight excluding hydrogens is 309 g/mol. The van der Waals surface area contributed by atoms with Crippen LogP contribution in [0.5, 0.6) is 0 Å². The van der Waals surface area contributed by atoms with E-state index in [0.29, 0.717) is 6.07 Å². The van der Waals surface area contributed by atoms with Gasteiger partial charge in [-0.1, -0.05) is 29.8 Å². The lowest BCUT2D eigenvalue weighted by Gasteiger charge is -2.14. The number of nitrogens with one attached hydrogen (secondary N) is 2. The van der Waals surface area contributed by atoms with Gasteiger partial charge in [-0.3, -0.25) is 9.59 Å². The van der Waals surface area contributed by atoms with Crippen LogP contribution in [0.15, 0.2) is 41.2 Å². The number of hydrogen-bond donors (Lipinski definition) is 2. The topological polar surface area (TPSA) is 62.0 Å². The minimum absolute atomic E-state index is 0.364. The smallest absolute Gasteiger partial charge is 0.345 e. The first kappa shape index (κ1) is 16.8. The lowest BCUT2D eigenvalue weighted by atomic mass is 10.1. The lowest BCUT2D eigenvalue weighted by Crippen LogP contribution is -2.32. The second kappa shape index (κ2) is 6.28.